The molecule has 1 heterocycles. The SMILES string of the molecule is C[NH2+]C1CN1.[I-]. The predicted molar refractivity (Wildman–Crippen MR) is 19.6 cm³/mol. The quantitative estimate of drug-likeness (QED) is 0.323. The zero-order chi connectivity index (χ0) is 3.70. The van der Waals surface area contributed by atoms with Gasteiger partial charge in [-0.3, -0.25) is 5.32 Å². The average Bonchev–Trinajstić information content (AvgIpc) is 2.12. The van der Waals surface area contributed by atoms with Crippen LogP contribution in [0.4, 0.5) is 0 Å². The Balaban J connectivity index is 0.000000250. The van der Waals surface area contributed by atoms with Crippen LogP contribution < -0.4 is 34.6 Å². The van der Waals surface area contributed by atoms with Gasteiger partial charge in [-0.2, -0.15) is 0 Å². The van der Waals surface area contributed by atoms with Gasteiger partial charge in [-0.15, -0.1) is 0 Å². The lowest BCUT2D eigenvalue weighted by molar-refractivity contribution is -0.641. The molecule has 3 heteroatoms. The minimum Gasteiger partial charge on any atom is -1.00 e. The molecule has 1 aliphatic rings. The zero-order valence-corrected chi connectivity index (χ0v) is 5.90. The van der Waals surface area contributed by atoms with E-state index in [-0.39, 0.29) is 24.0 Å². The molecule has 1 rings (SSSR count). The highest BCUT2D eigenvalue weighted by molar-refractivity contribution is 4.67. The highest BCUT2D eigenvalue weighted by Crippen LogP contribution is 1.77. The molecule has 1 aliphatic heterocycles. The maximum Gasteiger partial charge on any atom is 0.152 e. The molecule has 38 valence electrons. The molecular formula is C3H9IN2. The maximum atomic E-state index is 3.13. The average molecular weight is 200 g/mol. The van der Waals surface area contributed by atoms with Crippen LogP contribution >= 0.6 is 0 Å². The lowest BCUT2D eigenvalue weighted by atomic mass is 10.8. The maximum absolute atomic E-state index is 3.13. The van der Waals surface area contributed by atoms with Crippen LogP contribution in [0.5, 0.6) is 0 Å². The van der Waals surface area contributed by atoms with E-state index in [1.165, 1.54) is 6.54 Å². The summed E-state index contributed by atoms with van der Waals surface area (Å²) in [6.45, 7) is 1.20. The van der Waals surface area contributed by atoms with Crippen LogP contribution in [-0.2, 0) is 0 Å². The van der Waals surface area contributed by atoms with Crippen LogP contribution in [0.3, 0.4) is 0 Å². The largest absolute Gasteiger partial charge is 1.00 e. The molecule has 1 atom stereocenters. The summed E-state index contributed by atoms with van der Waals surface area (Å²) in [6, 6.07) is 0. The molecule has 0 aromatic carbocycles. The Morgan fingerprint density at radius 1 is 1.83 bits per heavy atom. The summed E-state index contributed by atoms with van der Waals surface area (Å²) in [5.41, 5.74) is 0. The molecular weight excluding hydrogens is 191 g/mol. The predicted octanol–water partition coefficient (Wildman–Crippen LogP) is -4.89. The Kier molecular flexibility index (Phi) is 3.06. The number of likely N-dealkylation sites (N-methyl/N-ethyl adjacent to an activating group) is 1. The summed E-state index contributed by atoms with van der Waals surface area (Å²) < 4.78 is 0. The van der Waals surface area contributed by atoms with Crippen molar-refractivity contribution in [2.75, 3.05) is 13.6 Å². The number of nitrogens with two attached hydrogens (primary N) is 1. The molecule has 2 nitrogen and oxygen atoms in total. The third-order valence-corrected chi connectivity index (χ3v) is 0.842. The first-order valence-electron chi connectivity index (χ1n) is 1.96. The van der Waals surface area contributed by atoms with E-state index in [1.54, 1.807) is 0 Å². The van der Waals surface area contributed by atoms with Gasteiger partial charge in [0.2, 0.25) is 0 Å². The number of hydrogen-bond acceptors (Lipinski definition) is 1. The Bertz CT molecular complexity index is 35.8. The molecule has 0 radical (unpaired) electrons. The number of rotatable bonds is 1. The van der Waals surface area contributed by atoms with Crippen LogP contribution in [0.15, 0.2) is 0 Å². The first-order chi connectivity index (χ1) is 2.43. The molecule has 6 heavy (non-hydrogen) atoms. The Labute approximate surface area is 54.7 Å². The van der Waals surface area contributed by atoms with Crippen LogP contribution in [-0.4, -0.2) is 19.8 Å². The van der Waals surface area contributed by atoms with Crippen molar-refractivity contribution < 1.29 is 29.3 Å². The zero-order valence-electron chi connectivity index (χ0n) is 3.74. The van der Waals surface area contributed by atoms with Gasteiger partial charge in [0.1, 0.15) is 0 Å². The number of nitrogens with one attached hydrogen (secondary N) is 1. The summed E-state index contributed by atoms with van der Waals surface area (Å²) in [5, 5.41) is 5.30. The second kappa shape index (κ2) is 2.76. The standard InChI is InChI=1S/C3H8N2.HI/c1-4-3-2-5-3;/h3-5H,2H2,1H3;1H. The van der Waals surface area contributed by atoms with Crippen LogP contribution in [0, 0.1) is 0 Å². The van der Waals surface area contributed by atoms with Crippen molar-refractivity contribution in [1.82, 2.24) is 5.32 Å². The number of halogens is 1. The van der Waals surface area contributed by atoms with Gasteiger partial charge in [0.05, 0.1) is 13.6 Å². The molecule has 0 aromatic rings. The van der Waals surface area contributed by atoms with Crippen LogP contribution in [0.25, 0.3) is 0 Å². The molecule has 3 N–H and O–H groups in total. The molecule has 0 aromatic heterocycles. The van der Waals surface area contributed by atoms with Gasteiger partial charge in [0.15, 0.2) is 6.17 Å². The van der Waals surface area contributed by atoms with E-state index >= 15 is 0 Å². The smallest absolute Gasteiger partial charge is 0.152 e. The van der Waals surface area contributed by atoms with E-state index in [2.05, 4.69) is 17.7 Å². The fourth-order valence-corrected chi connectivity index (χ4v) is 0.304. The van der Waals surface area contributed by atoms with E-state index in [0.717, 1.165) is 6.17 Å². The minimum atomic E-state index is 0. The van der Waals surface area contributed by atoms with Gasteiger partial charge in [0, 0.05) is 0 Å². The molecule has 1 saturated heterocycles. The molecule has 0 aliphatic carbocycles. The van der Waals surface area contributed by atoms with E-state index in [9.17, 15) is 0 Å². The molecule has 0 bridgehead atoms. The van der Waals surface area contributed by atoms with Crippen molar-refractivity contribution in [1.29, 1.82) is 0 Å². The third kappa shape index (κ3) is 1.94. The fourth-order valence-electron chi connectivity index (χ4n) is 0.304. The van der Waals surface area contributed by atoms with Crippen molar-refractivity contribution in [2.24, 2.45) is 0 Å². The first kappa shape index (κ1) is 6.65. The van der Waals surface area contributed by atoms with E-state index in [0.29, 0.717) is 0 Å². The normalized spacial score (nSPS) is 28.5. The minimum absolute atomic E-state index is 0. The highest BCUT2D eigenvalue weighted by Gasteiger charge is 2.20. The van der Waals surface area contributed by atoms with Gasteiger partial charge in [0.25, 0.3) is 0 Å². The first-order valence-corrected chi connectivity index (χ1v) is 1.96. The van der Waals surface area contributed by atoms with Gasteiger partial charge in [-0.25, -0.2) is 0 Å². The summed E-state index contributed by atoms with van der Waals surface area (Å²) in [4.78, 5) is 0. The third-order valence-electron chi connectivity index (χ3n) is 0.842. The Morgan fingerprint density at radius 2 is 2.33 bits per heavy atom. The lowest BCUT2D eigenvalue weighted by Gasteiger charge is -1.75. The van der Waals surface area contributed by atoms with Gasteiger partial charge in [-0.05, 0) is 0 Å². The van der Waals surface area contributed by atoms with Gasteiger partial charge < -0.3 is 29.3 Å². The Hall–Kier alpha value is 0.650. The van der Waals surface area contributed by atoms with E-state index < -0.39 is 0 Å². The highest BCUT2D eigenvalue weighted by atomic mass is 127. The van der Waals surface area contributed by atoms with Gasteiger partial charge >= 0.3 is 0 Å². The summed E-state index contributed by atoms with van der Waals surface area (Å²) in [6.07, 6.45) is 0.759. The summed E-state index contributed by atoms with van der Waals surface area (Å²) in [5.74, 6) is 0. The van der Waals surface area contributed by atoms with Gasteiger partial charge in [-0.1, -0.05) is 0 Å². The molecule has 0 amide bonds. The van der Waals surface area contributed by atoms with Crippen molar-refractivity contribution in [3.63, 3.8) is 0 Å². The summed E-state index contributed by atoms with van der Waals surface area (Å²) >= 11 is 0. The molecule has 0 spiro atoms. The Morgan fingerprint density at radius 3 is 2.33 bits per heavy atom. The second-order valence-corrected chi connectivity index (χ2v) is 1.35. The van der Waals surface area contributed by atoms with Crippen molar-refractivity contribution in [3.8, 4) is 0 Å². The van der Waals surface area contributed by atoms with E-state index in [1.807, 2.05) is 0 Å². The van der Waals surface area contributed by atoms with Crippen molar-refractivity contribution in [2.45, 2.75) is 6.17 Å². The molecule has 1 fully saturated rings. The molecule has 1 unspecified atom stereocenters. The topological polar surface area (TPSA) is 38.5 Å². The van der Waals surface area contributed by atoms with Crippen molar-refractivity contribution >= 4 is 0 Å². The summed E-state index contributed by atoms with van der Waals surface area (Å²) in [7, 11) is 2.07. The number of hydrogen-bond donors (Lipinski definition) is 2. The monoisotopic (exact) mass is 200 g/mol. The fraction of sp³-hybridized carbons (Fsp3) is 1.00. The van der Waals surface area contributed by atoms with Crippen LogP contribution in [0.2, 0.25) is 0 Å². The number of quaternary nitrogens is 1. The van der Waals surface area contributed by atoms with E-state index in [4.69, 9.17) is 0 Å². The lowest BCUT2D eigenvalue weighted by Crippen LogP contribution is -3.00. The van der Waals surface area contributed by atoms with Crippen molar-refractivity contribution in [3.05, 3.63) is 0 Å². The second-order valence-electron chi connectivity index (χ2n) is 1.35. The van der Waals surface area contributed by atoms with Crippen LogP contribution in [0.1, 0.15) is 0 Å². The molecule has 0 saturated carbocycles.